The zero-order valence-corrected chi connectivity index (χ0v) is 24.8. The average molecular weight is 631 g/mol. The number of allylic oxidation sites excluding steroid dienone is 2. The SMILES string of the molecule is CC1(S(=O)(=O)NC(=O)[C@H]2C[C@H]2/C=C\CCCCC[C@H](Nc2cc(F)cc(C(F)(F)F)c2)C(=O)N2CCC[C@H]2C(N)=O)CC1. The minimum Gasteiger partial charge on any atom is -0.374 e. The van der Waals surface area contributed by atoms with Crippen LogP contribution in [0.1, 0.15) is 76.7 Å². The number of nitrogens with zero attached hydrogens (tertiary/aromatic N) is 1. The number of unbranched alkanes of at least 4 members (excludes halogenated alkanes) is 3. The predicted molar refractivity (Wildman–Crippen MR) is 151 cm³/mol. The van der Waals surface area contributed by atoms with Gasteiger partial charge in [-0.3, -0.25) is 19.1 Å². The standard InChI is InChI=1S/C29H38F4N4O5S/c1-28(11-12-28)43(41,42)36-26(39)22-14-18(22)8-5-3-2-4-6-9-23(27(40)37-13-7-10-24(37)25(34)38)35-21-16-19(29(31,32)33)15-20(30)17-21/h5,8,15-18,22-24,35H,2-4,6-7,9-14H2,1H3,(H2,34,38)(H,36,39)/b8-5-/t18-,22+,23+,24+/m1/s1. The number of carbonyl (C=O) groups excluding carboxylic acids is 3. The summed E-state index contributed by atoms with van der Waals surface area (Å²) in [5, 5.41) is 2.76. The summed E-state index contributed by atoms with van der Waals surface area (Å²) in [6, 6.07) is 0.231. The summed E-state index contributed by atoms with van der Waals surface area (Å²) in [6.07, 6.45) is 4.57. The van der Waals surface area contributed by atoms with E-state index in [0.717, 1.165) is 18.6 Å². The Labute approximate surface area is 248 Å². The summed E-state index contributed by atoms with van der Waals surface area (Å²) >= 11 is 0. The van der Waals surface area contributed by atoms with Crippen molar-refractivity contribution in [2.24, 2.45) is 17.6 Å². The van der Waals surface area contributed by atoms with Crippen molar-refractivity contribution < 1.29 is 40.4 Å². The van der Waals surface area contributed by atoms with Gasteiger partial charge < -0.3 is 16.0 Å². The van der Waals surface area contributed by atoms with E-state index in [0.29, 0.717) is 57.4 Å². The van der Waals surface area contributed by atoms with Crippen LogP contribution < -0.4 is 15.8 Å². The van der Waals surface area contributed by atoms with Gasteiger partial charge in [-0.2, -0.15) is 13.2 Å². The highest BCUT2D eigenvalue weighted by Crippen LogP contribution is 2.44. The van der Waals surface area contributed by atoms with Gasteiger partial charge in [0.25, 0.3) is 0 Å². The van der Waals surface area contributed by atoms with E-state index in [1.165, 1.54) is 4.90 Å². The Balaban J connectivity index is 1.28. The molecule has 1 aromatic carbocycles. The molecule has 1 saturated heterocycles. The number of nitrogens with one attached hydrogen (secondary N) is 2. The molecule has 3 fully saturated rings. The Bertz CT molecular complexity index is 1360. The van der Waals surface area contributed by atoms with Gasteiger partial charge in [0.2, 0.25) is 27.7 Å². The first-order valence-electron chi connectivity index (χ1n) is 14.6. The van der Waals surface area contributed by atoms with Crippen molar-refractivity contribution in [1.82, 2.24) is 9.62 Å². The van der Waals surface area contributed by atoms with Crippen LogP contribution in [0, 0.1) is 17.7 Å². The molecule has 0 unspecified atom stereocenters. The molecule has 43 heavy (non-hydrogen) atoms. The lowest BCUT2D eigenvalue weighted by atomic mass is 10.0. The summed E-state index contributed by atoms with van der Waals surface area (Å²) in [5.74, 6) is -3.07. The van der Waals surface area contributed by atoms with Gasteiger partial charge in [0.15, 0.2) is 0 Å². The Morgan fingerprint density at radius 2 is 1.88 bits per heavy atom. The number of anilines is 1. The van der Waals surface area contributed by atoms with Crippen LogP contribution >= 0.6 is 0 Å². The summed E-state index contributed by atoms with van der Waals surface area (Å²) in [4.78, 5) is 38.9. The van der Waals surface area contributed by atoms with E-state index in [2.05, 4.69) is 10.0 Å². The number of hydrogen-bond acceptors (Lipinski definition) is 6. The fourth-order valence-electron chi connectivity index (χ4n) is 5.38. The number of nitrogens with two attached hydrogens (primary N) is 1. The van der Waals surface area contributed by atoms with Crippen LogP contribution in [0.25, 0.3) is 0 Å². The van der Waals surface area contributed by atoms with E-state index in [1.807, 2.05) is 12.2 Å². The number of rotatable bonds is 14. The van der Waals surface area contributed by atoms with E-state index in [4.69, 9.17) is 5.73 Å². The van der Waals surface area contributed by atoms with Gasteiger partial charge in [-0.25, -0.2) is 12.8 Å². The number of hydrogen-bond donors (Lipinski definition) is 3. The third-order valence-corrected chi connectivity index (χ3v) is 10.7. The number of benzene rings is 1. The molecule has 1 aromatic rings. The van der Waals surface area contributed by atoms with Crippen molar-refractivity contribution in [2.45, 2.75) is 94.1 Å². The van der Waals surface area contributed by atoms with Crippen LogP contribution in [0.4, 0.5) is 23.2 Å². The Kier molecular flexibility index (Phi) is 9.77. The van der Waals surface area contributed by atoms with Gasteiger partial charge in [0, 0.05) is 18.2 Å². The van der Waals surface area contributed by atoms with Crippen LogP contribution in [0.5, 0.6) is 0 Å². The van der Waals surface area contributed by atoms with Crippen LogP contribution in [-0.2, 0) is 30.6 Å². The second-order valence-corrected chi connectivity index (χ2v) is 14.2. The lowest BCUT2D eigenvalue weighted by Gasteiger charge is -2.28. The second-order valence-electron chi connectivity index (χ2n) is 12.0. The molecule has 2 saturated carbocycles. The van der Waals surface area contributed by atoms with Crippen molar-refractivity contribution in [3.05, 3.63) is 41.7 Å². The molecule has 14 heteroatoms. The molecule has 0 spiro atoms. The van der Waals surface area contributed by atoms with Crippen LogP contribution in [0.3, 0.4) is 0 Å². The average Bonchev–Trinajstić information content (AvgIpc) is 3.81. The summed E-state index contributed by atoms with van der Waals surface area (Å²) in [7, 11) is -3.65. The minimum absolute atomic E-state index is 0.0140. The number of carbonyl (C=O) groups is 3. The van der Waals surface area contributed by atoms with Gasteiger partial charge in [-0.15, -0.1) is 0 Å². The van der Waals surface area contributed by atoms with Crippen LogP contribution in [-0.4, -0.2) is 54.4 Å². The molecule has 3 aliphatic rings. The normalized spacial score (nSPS) is 23.7. The molecule has 3 amide bonds. The van der Waals surface area contributed by atoms with Crippen LogP contribution in [0.15, 0.2) is 30.4 Å². The van der Waals surface area contributed by atoms with Gasteiger partial charge in [0.1, 0.15) is 17.9 Å². The largest absolute Gasteiger partial charge is 0.416 e. The van der Waals surface area contributed by atoms with E-state index < -0.39 is 62.1 Å². The number of alkyl halides is 3. The van der Waals surface area contributed by atoms with E-state index in [9.17, 15) is 40.4 Å². The molecule has 4 N–H and O–H groups in total. The number of halogens is 4. The smallest absolute Gasteiger partial charge is 0.374 e. The summed E-state index contributed by atoms with van der Waals surface area (Å²) in [6.45, 7) is 1.91. The lowest BCUT2D eigenvalue weighted by molar-refractivity contribution is -0.138. The molecule has 4 rings (SSSR count). The van der Waals surface area contributed by atoms with Gasteiger partial charge in [-0.1, -0.05) is 25.0 Å². The Morgan fingerprint density at radius 3 is 2.53 bits per heavy atom. The maximum atomic E-state index is 14.0. The van der Waals surface area contributed by atoms with E-state index in [-0.39, 0.29) is 30.5 Å². The van der Waals surface area contributed by atoms with Crippen molar-refractivity contribution in [1.29, 1.82) is 0 Å². The van der Waals surface area contributed by atoms with E-state index >= 15 is 0 Å². The fraction of sp³-hybridized carbons (Fsp3) is 0.621. The first-order valence-corrected chi connectivity index (χ1v) is 16.1. The second kappa shape index (κ2) is 12.8. The number of likely N-dealkylation sites (tertiary alicyclic amines) is 1. The molecule has 4 atom stereocenters. The van der Waals surface area contributed by atoms with Crippen LogP contribution in [0.2, 0.25) is 0 Å². The lowest BCUT2D eigenvalue weighted by Crippen LogP contribution is -2.49. The monoisotopic (exact) mass is 630 g/mol. The number of primary amides is 1. The van der Waals surface area contributed by atoms with Crippen molar-refractivity contribution in [3.8, 4) is 0 Å². The molecule has 0 aromatic heterocycles. The van der Waals surface area contributed by atoms with Gasteiger partial charge >= 0.3 is 6.18 Å². The fourth-order valence-corrected chi connectivity index (χ4v) is 6.69. The molecule has 1 heterocycles. The quantitative estimate of drug-likeness (QED) is 0.160. The highest BCUT2D eigenvalue weighted by molar-refractivity contribution is 7.91. The maximum Gasteiger partial charge on any atom is 0.416 e. The molecular formula is C29H38F4N4O5S. The van der Waals surface area contributed by atoms with Crippen molar-refractivity contribution in [2.75, 3.05) is 11.9 Å². The molecular weight excluding hydrogens is 592 g/mol. The Hall–Kier alpha value is -3.16. The zero-order chi connectivity index (χ0) is 31.6. The topological polar surface area (TPSA) is 139 Å². The van der Waals surface area contributed by atoms with E-state index in [1.54, 1.807) is 6.92 Å². The van der Waals surface area contributed by atoms with Crippen molar-refractivity contribution in [3.63, 3.8) is 0 Å². The molecule has 1 aliphatic heterocycles. The third-order valence-electron chi connectivity index (χ3n) is 8.49. The highest BCUT2D eigenvalue weighted by Gasteiger charge is 2.52. The zero-order valence-electron chi connectivity index (χ0n) is 24.0. The van der Waals surface area contributed by atoms with Gasteiger partial charge in [0.05, 0.1) is 10.3 Å². The summed E-state index contributed by atoms with van der Waals surface area (Å²) < 4.78 is 79.6. The molecule has 0 bridgehead atoms. The molecule has 2 aliphatic carbocycles. The minimum atomic E-state index is -4.77. The number of amides is 3. The van der Waals surface area contributed by atoms with Crippen molar-refractivity contribution >= 4 is 33.4 Å². The first-order chi connectivity index (χ1) is 20.1. The highest BCUT2D eigenvalue weighted by atomic mass is 32.2. The summed E-state index contributed by atoms with van der Waals surface area (Å²) in [5.41, 5.74) is 4.08. The molecule has 238 valence electrons. The molecule has 9 nitrogen and oxygen atoms in total. The predicted octanol–water partition coefficient (Wildman–Crippen LogP) is 4.24. The number of sulfonamides is 1. The van der Waals surface area contributed by atoms with Gasteiger partial charge in [-0.05, 0) is 82.4 Å². The third kappa shape index (κ3) is 8.27. The Morgan fingerprint density at radius 1 is 1.16 bits per heavy atom. The maximum absolute atomic E-state index is 14.0. The first kappa shape index (κ1) is 32.7. The molecule has 0 radical (unpaired) electrons.